The van der Waals surface area contributed by atoms with Gasteiger partial charge in [-0.2, -0.15) is 0 Å². The monoisotopic (exact) mass is 531 g/mol. The molecule has 2 aromatic heterocycles. The van der Waals surface area contributed by atoms with E-state index in [4.69, 9.17) is 17.3 Å². The number of fused-ring (bicyclic) bond motifs is 1. The summed E-state index contributed by atoms with van der Waals surface area (Å²) < 4.78 is 5.72. The molecule has 3 aromatic carbocycles. The fourth-order valence-electron chi connectivity index (χ4n) is 4.32. The third kappa shape index (κ3) is 4.15. The van der Waals surface area contributed by atoms with Crippen LogP contribution in [0.4, 0.5) is 0 Å². The van der Waals surface area contributed by atoms with Gasteiger partial charge in [-0.05, 0) is 61.2 Å². The maximum absolute atomic E-state index is 5.99. The number of rotatable bonds is 7. The number of para-hydroxylation sites is 1. The maximum atomic E-state index is 5.99. The predicted molar refractivity (Wildman–Crippen MR) is 146 cm³/mol. The third-order valence-electron chi connectivity index (χ3n) is 6.13. The lowest BCUT2D eigenvalue weighted by atomic mass is 10.0. The number of aromatic nitrogens is 4. The second-order valence-electron chi connectivity index (χ2n) is 8.15. The van der Waals surface area contributed by atoms with Gasteiger partial charge in [-0.15, -0.1) is 5.10 Å². The molecule has 0 radical (unpaired) electrons. The van der Waals surface area contributed by atoms with Crippen LogP contribution in [-0.2, 0) is 6.67 Å². The van der Waals surface area contributed by atoms with Crippen molar-refractivity contribution in [2.45, 2.75) is 20.5 Å². The standard InChI is InChI=1S/C27H26BrN5S/c1-3-31(4-2)18-32-27(34)33(21-13-9-6-10-14-21)26(30-32)25-24(19-11-7-5-8-12-19)22-17-20(28)15-16-23(22)29-25/h5-17,29H,3-4,18H2,1-2H3. The van der Waals surface area contributed by atoms with Crippen molar-refractivity contribution < 1.29 is 0 Å². The fraction of sp³-hybridized carbons (Fsp3) is 0.185. The molecule has 0 saturated heterocycles. The highest BCUT2D eigenvalue weighted by Crippen LogP contribution is 2.39. The molecule has 5 rings (SSSR count). The summed E-state index contributed by atoms with van der Waals surface area (Å²) in [5, 5.41) is 6.23. The highest BCUT2D eigenvalue weighted by molar-refractivity contribution is 9.10. The van der Waals surface area contributed by atoms with Gasteiger partial charge in [-0.25, -0.2) is 4.68 Å². The molecule has 5 nitrogen and oxygen atoms in total. The first-order chi connectivity index (χ1) is 16.6. The lowest BCUT2D eigenvalue weighted by Gasteiger charge is -2.17. The molecule has 0 spiro atoms. The van der Waals surface area contributed by atoms with Crippen molar-refractivity contribution in [3.63, 3.8) is 0 Å². The minimum absolute atomic E-state index is 0.644. The molecule has 0 unspecified atom stereocenters. The van der Waals surface area contributed by atoms with Crippen LogP contribution in [-0.4, -0.2) is 37.3 Å². The van der Waals surface area contributed by atoms with Crippen molar-refractivity contribution >= 4 is 39.1 Å². The second-order valence-corrected chi connectivity index (χ2v) is 9.43. The van der Waals surface area contributed by atoms with E-state index in [2.05, 4.69) is 98.8 Å². The quantitative estimate of drug-likeness (QED) is 0.224. The van der Waals surface area contributed by atoms with Crippen LogP contribution in [0, 0.1) is 4.77 Å². The molecule has 1 N–H and O–H groups in total. The first-order valence-electron chi connectivity index (χ1n) is 11.4. The number of hydrogen-bond acceptors (Lipinski definition) is 3. The van der Waals surface area contributed by atoms with Crippen molar-refractivity contribution in [2.75, 3.05) is 13.1 Å². The minimum Gasteiger partial charge on any atom is -0.351 e. The molecule has 0 aliphatic rings. The van der Waals surface area contributed by atoms with Gasteiger partial charge < -0.3 is 4.98 Å². The normalized spacial score (nSPS) is 11.5. The van der Waals surface area contributed by atoms with E-state index in [-0.39, 0.29) is 0 Å². The molecule has 7 heteroatoms. The summed E-state index contributed by atoms with van der Waals surface area (Å²) in [5.74, 6) is 0.800. The molecule has 0 bridgehead atoms. The van der Waals surface area contributed by atoms with Crippen LogP contribution in [0.1, 0.15) is 13.8 Å². The van der Waals surface area contributed by atoms with Gasteiger partial charge >= 0.3 is 0 Å². The van der Waals surface area contributed by atoms with Crippen molar-refractivity contribution in [3.8, 4) is 28.3 Å². The summed E-state index contributed by atoms with van der Waals surface area (Å²) >= 11 is 9.64. The Balaban J connectivity index is 1.82. The zero-order valence-electron chi connectivity index (χ0n) is 19.2. The Morgan fingerprint density at radius 1 is 0.941 bits per heavy atom. The van der Waals surface area contributed by atoms with E-state index >= 15 is 0 Å². The largest absolute Gasteiger partial charge is 0.351 e. The van der Waals surface area contributed by atoms with Crippen molar-refractivity contribution in [1.29, 1.82) is 0 Å². The van der Waals surface area contributed by atoms with Gasteiger partial charge in [0.15, 0.2) is 5.82 Å². The Kier molecular flexibility index (Phi) is 6.50. The van der Waals surface area contributed by atoms with Gasteiger partial charge in [-0.3, -0.25) is 9.47 Å². The van der Waals surface area contributed by atoms with Gasteiger partial charge in [0.05, 0.1) is 18.1 Å². The van der Waals surface area contributed by atoms with Crippen LogP contribution in [0.5, 0.6) is 0 Å². The SMILES string of the molecule is CCN(CC)Cn1nc(-c2[nH]c3ccc(Br)cc3c2-c2ccccc2)n(-c2ccccc2)c1=S. The van der Waals surface area contributed by atoms with Crippen molar-refractivity contribution in [3.05, 3.63) is 88.1 Å². The summed E-state index contributed by atoms with van der Waals surface area (Å²) in [6.45, 7) is 6.82. The van der Waals surface area contributed by atoms with Crippen LogP contribution in [0.3, 0.4) is 0 Å². The van der Waals surface area contributed by atoms with Crippen LogP contribution < -0.4 is 0 Å². The molecule has 0 fully saturated rings. The smallest absolute Gasteiger partial charge is 0.204 e. The summed E-state index contributed by atoms with van der Waals surface area (Å²) in [5.41, 5.74) is 5.25. The van der Waals surface area contributed by atoms with Crippen LogP contribution in [0.15, 0.2) is 83.3 Å². The number of benzene rings is 3. The average molecular weight is 533 g/mol. The van der Waals surface area contributed by atoms with E-state index in [1.165, 1.54) is 0 Å². The van der Waals surface area contributed by atoms with Gasteiger partial charge in [0.1, 0.15) is 0 Å². The highest BCUT2D eigenvalue weighted by Gasteiger charge is 2.23. The molecule has 34 heavy (non-hydrogen) atoms. The number of nitrogens with one attached hydrogen (secondary N) is 1. The lowest BCUT2D eigenvalue weighted by molar-refractivity contribution is 0.227. The fourth-order valence-corrected chi connectivity index (χ4v) is 4.97. The molecule has 2 heterocycles. The van der Waals surface area contributed by atoms with E-state index in [1.54, 1.807) is 0 Å². The molecule has 0 atom stereocenters. The zero-order chi connectivity index (χ0) is 23.7. The van der Waals surface area contributed by atoms with E-state index in [1.807, 2.05) is 28.9 Å². The number of aromatic amines is 1. The number of hydrogen-bond donors (Lipinski definition) is 1. The molecule has 0 aliphatic heterocycles. The zero-order valence-corrected chi connectivity index (χ0v) is 21.6. The topological polar surface area (TPSA) is 41.8 Å². The first-order valence-corrected chi connectivity index (χ1v) is 12.7. The molecule has 172 valence electrons. The minimum atomic E-state index is 0.644. The molecule has 0 saturated carbocycles. The van der Waals surface area contributed by atoms with Crippen molar-refractivity contribution in [1.82, 2.24) is 24.2 Å². The van der Waals surface area contributed by atoms with Crippen LogP contribution in [0.25, 0.3) is 39.2 Å². The molecular formula is C27H26BrN5S. The summed E-state index contributed by atoms with van der Waals surface area (Å²) in [6, 6.07) is 27.0. The van der Waals surface area contributed by atoms with Crippen molar-refractivity contribution in [2.24, 2.45) is 0 Å². The second kappa shape index (κ2) is 9.70. The molecule has 0 aliphatic carbocycles. The van der Waals surface area contributed by atoms with Gasteiger partial charge in [-0.1, -0.05) is 78.3 Å². The Morgan fingerprint density at radius 3 is 2.29 bits per heavy atom. The van der Waals surface area contributed by atoms with E-state index in [0.29, 0.717) is 11.4 Å². The summed E-state index contributed by atoms with van der Waals surface area (Å²) in [6.07, 6.45) is 0. The number of H-pyrrole nitrogens is 1. The van der Waals surface area contributed by atoms with E-state index in [9.17, 15) is 0 Å². The van der Waals surface area contributed by atoms with Crippen LogP contribution >= 0.6 is 28.1 Å². The Labute approximate surface area is 212 Å². The number of halogens is 1. The van der Waals surface area contributed by atoms with Gasteiger partial charge in [0.25, 0.3) is 0 Å². The predicted octanol–water partition coefficient (Wildman–Crippen LogP) is 7.28. The molecule has 5 aromatic rings. The van der Waals surface area contributed by atoms with E-state index < -0.39 is 0 Å². The Morgan fingerprint density at radius 2 is 1.62 bits per heavy atom. The maximum Gasteiger partial charge on any atom is 0.204 e. The number of nitrogens with zero attached hydrogens (tertiary/aromatic N) is 4. The third-order valence-corrected chi connectivity index (χ3v) is 7.02. The highest BCUT2D eigenvalue weighted by atomic mass is 79.9. The molecular weight excluding hydrogens is 506 g/mol. The Hall–Kier alpha value is -3.00. The lowest BCUT2D eigenvalue weighted by Crippen LogP contribution is -2.26. The summed E-state index contributed by atoms with van der Waals surface area (Å²) in [4.78, 5) is 5.97. The summed E-state index contributed by atoms with van der Waals surface area (Å²) in [7, 11) is 0. The van der Waals surface area contributed by atoms with Gasteiger partial charge in [0, 0.05) is 20.9 Å². The first kappa shape index (κ1) is 22.8. The van der Waals surface area contributed by atoms with E-state index in [0.717, 1.165) is 56.8 Å². The van der Waals surface area contributed by atoms with Crippen LogP contribution in [0.2, 0.25) is 0 Å². The Bertz CT molecular complexity index is 1480. The van der Waals surface area contributed by atoms with Gasteiger partial charge in [0.2, 0.25) is 4.77 Å². The molecule has 0 amide bonds. The average Bonchev–Trinajstić information content (AvgIpc) is 3.40.